The molecule has 0 spiro atoms. The number of hydrogen-bond donors (Lipinski definition) is 0. The van der Waals surface area contributed by atoms with Crippen LogP contribution in [0, 0.1) is 11.3 Å². The zero-order valence-electron chi connectivity index (χ0n) is 11.6. The van der Waals surface area contributed by atoms with Crippen molar-refractivity contribution in [2.24, 2.45) is 0 Å². The second-order valence-corrected chi connectivity index (χ2v) is 5.16. The van der Waals surface area contributed by atoms with Gasteiger partial charge in [0.15, 0.2) is 0 Å². The minimum Gasteiger partial charge on any atom is -0.497 e. The van der Waals surface area contributed by atoms with Crippen LogP contribution in [-0.2, 0) is 0 Å². The fourth-order valence-electron chi connectivity index (χ4n) is 1.86. The Balaban J connectivity index is 2.43. The largest absolute Gasteiger partial charge is 0.497 e. The molecule has 0 aliphatic heterocycles. The van der Waals surface area contributed by atoms with Crippen molar-refractivity contribution in [3.63, 3.8) is 0 Å². The summed E-state index contributed by atoms with van der Waals surface area (Å²) < 4.78 is 5.08. The molecule has 3 nitrogen and oxygen atoms in total. The van der Waals surface area contributed by atoms with Gasteiger partial charge in [-0.1, -0.05) is 47.5 Å². The molecule has 0 unspecified atom stereocenters. The standard InChI is InChI=1S/C17H11Cl2NO2/c1-22-14-6-2-5-12(9-14)17(21)13(10-20)8-11-4-3-7-15(18)16(11)19/h2-9H,1H3/b13-8+. The van der Waals surface area contributed by atoms with Crippen LogP contribution in [0.1, 0.15) is 15.9 Å². The summed E-state index contributed by atoms with van der Waals surface area (Å²) in [4.78, 5) is 12.4. The van der Waals surface area contributed by atoms with E-state index in [0.717, 1.165) is 0 Å². The van der Waals surface area contributed by atoms with E-state index in [1.165, 1.54) is 13.2 Å². The van der Waals surface area contributed by atoms with E-state index >= 15 is 0 Å². The number of nitrogens with zero attached hydrogens (tertiary/aromatic N) is 1. The van der Waals surface area contributed by atoms with E-state index in [9.17, 15) is 10.1 Å². The quantitative estimate of drug-likeness (QED) is 0.459. The molecule has 0 aliphatic rings. The highest BCUT2D eigenvalue weighted by Gasteiger charge is 2.14. The number of nitriles is 1. The molecule has 2 aromatic carbocycles. The van der Waals surface area contributed by atoms with Crippen molar-refractivity contribution in [1.29, 1.82) is 5.26 Å². The molecule has 0 fully saturated rings. The third-order valence-electron chi connectivity index (χ3n) is 2.98. The maximum Gasteiger partial charge on any atom is 0.203 e. The van der Waals surface area contributed by atoms with Gasteiger partial charge in [0, 0.05) is 5.56 Å². The molecule has 2 rings (SSSR count). The van der Waals surface area contributed by atoms with Crippen molar-refractivity contribution in [3.8, 4) is 11.8 Å². The van der Waals surface area contributed by atoms with Crippen LogP contribution in [0.4, 0.5) is 0 Å². The Labute approximate surface area is 138 Å². The van der Waals surface area contributed by atoms with Crippen molar-refractivity contribution in [2.75, 3.05) is 7.11 Å². The lowest BCUT2D eigenvalue weighted by atomic mass is 10.0. The highest BCUT2D eigenvalue weighted by molar-refractivity contribution is 6.43. The summed E-state index contributed by atoms with van der Waals surface area (Å²) in [5, 5.41) is 9.92. The number of rotatable bonds is 4. The highest BCUT2D eigenvalue weighted by Crippen LogP contribution is 2.27. The van der Waals surface area contributed by atoms with Gasteiger partial charge < -0.3 is 4.74 Å². The van der Waals surface area contributed by atoms with Crippen LogP contribution in [0.3, 0.4) is 0 Å². The molecule has 0 radical (unpaired) electrons. The topological polar surface area (TPSA) is 50.1 Å². The van der Waals surface area contributed by atoms with Crippen LogP contribution in [0.25, 0.3) is 6.08 Å². The van der Waals surface area contributed by atoms with E-state index in [4.69, 9.17) is 27.9 Å². The third-order valence-corrected chi connectivity index (χ3v) is 3.81. The normalized spacial score (nSPS) is 10.9. The van der Waals surface area contributed by atoms with Gasteiger partial charge in [-0.25, -0.2) is 0 Å². The predicted octanol–water partition coefficient (Wildman–Crippen LogP) is 4.79. The first kappa shape index (κ1) is 16.1. The number of Topliss-reactive ketones (excluding diaryl/α,β-unsaturated/α-hetero) is 1. The average Bonchev–Trinajstić information content (AvgIpc) is 2.55. The summed E-state index contributed by atoms with van der Waals surface area (Å²) >= 11 is 12.0. The Hall–Kier alpha value is -2.28. The van der Waals surface area contributed by atoms with E-state index in [0.29, 0.717) is 26.9 Å². The van der Waals surface area contributed by atoms with E-state index < -0.39 is 5.78 Å². The van der Waals surface area contributed by atoms with E-state index in [2.05, 4.69) is 0 Å². The third kappa shape index (κ3) is 3.48. The fourth-order valence-corrected chi connectivity index (χ4v) is 2.22. The van der Waals surface area contributed by atoms with Crippen LogP contribution < -0.4 is 4.74 Å². The predicted molar refractivity (Wildman–Crippen MR) is 87.4 cm³/mol. The summed E-state index contributed by atoms with van der Waals surface area (Å²) in [6.45, 7) is 0. The van der Waals surface area contributed by atoms with Crippen LogP contribution in [0.5, 0.6) is 5.75 Å². The SMILES string of the molecule is COc1cccc(C(=O)/C(C#N)=C/c2cccc(Cl)c2Cl)c1. The lowest BCUT2D eigenvalue weighted by Crippen LogP contribution is -2.02. The van der Waals surface area contributed by atoms with Crippen LogP contribution >= 0.6 is 23.2 Å². The zero-order valence-corrected chi connectivity index (χ0v) is 13.2. The van der Waals surface area contributed by atoms with Gasteiger partial charge in [0.2, 0.25) is 5.78 Å². The second kappa shape index (κ2) is 7.13. The van der Waals surface area contributed by atoms with Gasteiger partial charge in [-0.05, 0) is 29.8 Å². The van der Waals surface area contributed by atoms with Crippen molar-refractivity contribution < 1.29 is 9.53 Å². The number of hydrogen-bond acceptors (Lipinski definition) is 3. The summed E-state index contributed by atoms with van der Waals surface area (Å²) in [6.07, 6.45) is 1.43. The summed E-state index contributed by atoms with van der Waals surface area (Å²) in [5.41, 5.74) is 0.852. The van der Waals surface area contributed by atoms with Gasteiger partial charge >= 0.3 is 0 Å². The monoisotopic (exact) mass is 331 g/mol. The number of carbonyl (C=O) groups is 1. The van der Waals surface area contributed by atoms with Crippen LogP contribution in [0.15, 0.2) is 48.0 Å². The summed E-state index contributed by atoms with van der Waals surface area (Å²) in [6, 6.07) is 13.5. The van der Waals surface area contributed by atoms with Gasteiger partial charge in [0.1, 0.15) is 17.4 Å². The maximum atomic E-state index is 12.4. The molecule has 0 atom stereocenters. The number of ether oxygens (including phenoxy) is 1. The molecular weight excluding hydrogens is 321 g/mol. The maximum absolute atomic E-state index is 12.4. The van der Waals surface area contributed by atoms with Crippen molar-refractivity contribution in [3.05, 3.63) is 69.2 Å². The van der Waals surface area contributed by atoms with Crippen LogP contribution in [0.2, 0.25) is 10.0 Å². The van der Waals surface area contributed by atoms with E-state index in [1.54, 1.807) is 42.5 Å². The number of benzene rings is 2. The first-order chi connectivity index (χ1) is 10.6. The number of methoxy groups -OCH3 is 1. The number of carbonyl (C=O) groups excluding carboxylic acids is 1. The molecule has 0 heterocycles. The highest BCUT2D eigenvalue weighted by atomic mass is 35.5. The summed E-state index contributed by atoms with van der Waals surface area (Å²) in [5.74, 6) is 0.140. The molecule has 0 saturated carbocycles. The number of halogens is 2. The Morgan fingerprint density at radius 1 is 1.23 bits per heavy atom. The van der Waals surface area contributed by atoms with Crippen molar-refractivity contribution in [1.82, 2.24) is 0 Å². The van der Waals surface area contributed by atoms with Crippen molar-refractivity contribution >= 4 is 35.1 Å². The smallest absolute Gasteiger partial charge is 0.203 e. The van der Waals surface area contributed by atoms with Gasteiger partial charge in [-0.15, -0.1) is 0 Å². The molecule has 0 saturated heterocycles. The molecule has 0 bridgehead atoms. The Morgan fingerprint density at radius 2 is 1.95 bits per heavy atom. The molecule has 110 valence electrons. The molecule has 5 heteroatoms. The lowest BCUT2D eigenvalue weighted by Gasteiger charge is -2.04. The number of ketones is 1. The molecular formula is C17H11Cl2NO2. The Kier molecular flexibility index (Phi) is 5.21. The molecule has 2 aromatic rings. The fraction of sp³-hybridized carbons (Fsp3) is 0.0588. The van der Waals surface area contributed by atoms with Gasteiger partial charge in [-0.3, -0.25) is 4.79 Å². The minimum absolute atomic E-state index is 0.0302. The number of allylic oxidation sites excluding steroid dienone is 1. The molecule has 0 aromatic heterocycles. The first-order valence-electron chi connectivity index (χ1n) is 6.31. The lowest BCUT2D eigenvalue weighted by molar-refractivity contribution is 0.103. The first-order valence-corrected chi connectivity index (χ1v) is 7.07. The van der Waals surface area contributed by atoms with Crippen LogP contribution in [-0.4, -0.2) is 12.9 Å². The molecule has 0 aliphatic carbocycles. The minimum atomic E-state index is -0.405. The van der Waals surface area contributed by atoms with E-state index in [-0.39, 0.29) is 5.57 Å². The second-order valence-electron chi connectivity index (χ2n) is 4.37. The molecule has 0 N–H and O–H groups in total. The molecule has 0 amide bonds. The van der Waals surface area contributed by atoms with Gasteiger partial charge in [0.25, 0.3) is 0 Å². The average molecular weight is 332 g/mol. The Morgan fingerprint density at radius 3 is 2.64 bits per heavy atom. The molecule has 22 heavy (non-hydrogen) atoms. The van der Waals surface area contributed by atoms with Gasteiger partial charge in [-0.2, -0.15) is 5.26 Å². The zero-order chi connectivity index (χ0) is 16.1. The van der Waals surface area contributed by atoms with Gasteiger partial charge in [0.05, 0.1) is 17.2 Å². The Bertz CT molecular complexity index is 791. The van der Waals surface area contributed by atoms with Crippen molar-refractivity contribution in [2.45, 2.75) is 0 Å². The summed E-state index contributed by atoms with van der Waals surface area (Å²) in [7, 11) is 1.51. The van der Waals surface area contributed by atoms with E-state index in [1.807, 2.05) is 6.07 Å².